The summed E-state index contributed by atoms with van der Waals surface area (Å²) in [5.74, 6) is -1.53. The highest BCUT2D eigenvalue weighted by Gasteiger charge is 2.47. The average Bonchev–Trinajstić information content (AvgIpc) is 3.65. The highest BCUT2D eigenvalue weighted by Crippen LogP contribution is 2.41. The number of amides is 1. The second kappa shape index (κ2) is 12.0. The number of carboxylic acids is 1. The molecule has 5 rings (SSSR count). The van der Waals surface area contributed by atoms with E-state index in [9.17, 15) is 24.9 Å². The van der Waals surface area contributed by atoms with Gasteiger partial charge in [-0.2, -0.15) is 0 Å². The van der Waals surface area contributed by atoms with Crippen LogP contribution >= 0.6 is 0 Å². The average molecular weight is 549 g/mol. The zero-order valence-corrected chi connectivity index (χ0v) is 22.6. The number of pyridine rings is 1. The van der Waals surface area contributed by atoms with Crippen molar-refractivity contribution in [2.75, 3.05) is 31.1 Å². The molecule has 1 unspecified atom stereocenters. The van der Waals surface area contributed by atoms with E-state index >= 15 is 0 Å². The lowest BCUT2D eigenvalue weighted by molar-refractivity contribution is -0.143. The van der Waals surface area contributed by atoms with E-state index in [-0.39, 0.29) is 36.7 Å². The number of carbonyl (C=O) groups excluding carboxylic acids is 1. The number of benzene rings is 1. The molecule has 212 valence electrons. The summed E-state index contributed by atoms with van der Waals surface area (Å²) in [5, 5.41) is 30.8. The van der Waals surface area contributed by atoms with E-state index in [2.05, 4.69) is 11.9 Å². The molecule has 10 heteroatoms. The van der Waals surface area contributed by atoms with Crippen LogP contribution in [0.4, 0.5) is 5.69 Å². The molecule has 1 fully saturated rings. The van der Waals surface area contributed by atoms with Gasteiger partial charge in [0, 0.05) is 56.3 Å². The summed E-state index contributed by atoms with van der Waals surface area (Å²) in [5.41, 5.74) is 2.69. The maximum atomic E-state index is 13.8. The molecule has 3 atom stereocenters. The van der Waals surface area contributed by atoms with Gasteiger partial charge in [-0.1, -0.05) is 25.5 Å². The normalized spacial score (nSPS) is 20.3. The van der Waals surface area contributed by atoms with Crippen LogP contribution in [-0.2, 0) is 22.6 Å². The molecule has 1 amide bonds. The SMILES string of the molecule is CCCCN(C(=O)CN1C[C@H](c2ccc3c(c2)CCO3)C(C(=O)O)[C@@H]1CCn1c(O)ccc1O)c1cccnc1. The van der Waals surface area contributed by atoms with Crippen LogP contribution in [-0.4, -0.2) is 73.9 Å². The molecule has 0 saturated carbocycles. The van der Waals surface area contributed by atoms with E-state index in [0.717, 1.165) is 36.1 Å². The maximum absolute atomic E-state index is 13.8. The van der Waals surface area contributed by atoms with Crippen LogP contribution in [0.5, 0.6) is 17.5 Å². The number of aliphatic carboxylic acids is 1. The third-order valence-corrected chi connectivity index (χ3v) is 8.09. The Morgan fingerprint density at radius 3 is 2.65 bits per heavy atom. The Balaban J connectivity index is 1.45. The van der Waals surface area contributed by atoms with Crippen LogP contribution in [0, 0.1) is 5.92 Å². The van der Waals surface area contributed by atoms with Crippen molar-refractivity contribution in [3.63, 3.8) is 0 Å². The standard InChI is InChI=1S/C30H36N4O6/c1-2-3-13-33(22-5-4-12-31-17-22)28(37)19-32-18-23(20-6-7-25-21(16-20)11-15-40-25)29(30(38)39)24(32)10-14-34-26(35)8-9-27(34)36/h4-9,12,16-17,23-24,29,35-36H,2-3,10-11,13-15,18-19H2,1H3,(H,38,39)/t23-,24+,29?/m1/s1. The first kappa shape index (κ1) is 27.5. The minimum atomic E-state index is -0.933. The second-order valence-electron chi connectivity index (χ2n) is 10.5. The number of fused-ring (bicyclic) bond motifs is 1. The fourth-order valence-corrected chi connectivity index (χ4v) is 6.05. The zero-order chi connectivity index (χ0) is 28.2. The fourth-order valence-electron chi connectivity index (χ4n) is 6.05. The number of likely N-dealkylation sites (tertiary alicyclic amines) is 1. The number of aromatic nitrogens is 2. The second-order valence-corrected chi connectivity index (χ2v) is 10.5. The van der Waals surface area contributed by atoms with Gasteiger partial charge in [0.25, 0.3) is 0 Å². The lowest BCUT2D eigenvalue weighted by Crippen LogP contribution is -2.45. The first-order valence-electron chi connectivity index (χ1n) is 13.9. The molecular weight excluding hydrogens is 512 g/mol. The van der Waals surface area contributed by atoms with Crippen molar-refractivity contribution in [2.24, 2.45) is 5.92 Å². The van der Waals surface area contributed by atoms with Gasteiger partial charge in [-0.15, -0.1) is 0 Å². The van der Waals surface area contributed by atoms with Gasteiger partial charge in [0.05, 0.1) is 31.0 Å². The van der Waals surface area contributed by atoms with Gasteiger partial charge >= 0.3 is 5.97 Å². The van der Waals surface area contributed by atoms with Gasteiger partial charge in [-0.05, 0) is 42.2 Å². The number of rotatable bonds is 11. The van der Waals surface area contributed by atoms with E-state index in [4.69, 9.17) is 4.74 Å². The Morgan fingerprint density at radius 2 is 1.95 bits per heavy atom. The Bertz CT molecular complexity index is 1320. The number of carboxylic acid groups (broad SMARTS) is 1. The van der Waals surface area contributed by atoms with Crippen molar-refractivity contribution in [3.05, 3.63) is 66.0 Å². The summed E-state index contributed by atoms with van der Waals surface area (Å²) in [4.78, 5) is 34.4. The largest absolute Gasteiger partial charge is 0.494 e. The van der Waals surface area contributed by atoms with Crippen LogP contribution < -0.4 is 9.64 Å². The number of unbranched alkanes of at least 4 members (excludes halogenated alkanes) is 1. The molecule has 4 heterocycles. The molecule has 3 aromatic rings. The van der Waals surface area contributed by atoms with Crippen molar-refractivity contribution in [1.29, 1.82) is 0 Å². The summed E-state index contributed by atoms with van der Waals surface area (Å²) in [6.45, 7) is 3.86. The van der Waals surface area contributed by atoms with Crippen LogP contribution in [0.25, 0.3) is 0 Å². The van der Waals surface area contributed by atoms with Gasteiger partial charge in [0.1, 0.15) is 5.75 Å². The Labute approximate surface area is 233 Å². The lowest BCUT2D eigenvalue weighted by atomic mass is 9.83. The van der Waals surface area contributed by atoms with Gasteiger partial charge < -0.3 is 25.0 Å². The topological polar surface area (TPSA) is 128 Å². The Morgan fingerprint density at radius 1 is 1.15 bits per heavy atom. The number of hydrogen-bond donors (Lipinski definition) is 3. The summed E-state index contributed by atoms with van der Waals surface area (Å²) in [6.07, 6.45) is 6.19. The molecule has 2 aromatic heterocycles. The van der Waals surface area contributed by atoms with Crippen molar-refractivity contribution >= 4 is 17.6 Å². The number of aromatic hydroxyl groups is 2. The van der Waals surface area contributed by atoms with E-state index in [0.29, 0.717) is 31.8 Å². The van der Waals surface area contributed by atoms with E-state index in [1.807, 2.05) is 29.2 Å². The molecule has 0 aliphatic carbocycles. The van der Waals surface area contributed by atoms with Crippen molar-refractivity contribution in [3.8, 4) is 17.5 Å². The summed E-state index contributed by atoms with van der Waals surface area (Å²) >= 11 is 0. The zero-order valence-electron chi connectivity index (χ0n) is 22.6. The lowest BCUT2D eigenvalue weighted by Gasteiger charge is -2.30. The minimum Gasteiger partial charge on any atom is -0.494 e. The van der Waals surface area contributed by atoms with E-state index in [1.165, 1.54) is 16.7 Å². The maximum Gasteiger partial charge on any atom is 0.308 e. The molecule has 2 aliphatic rings. The van der Waals surface area contributed by atoms with Crippen molar-refractivity contribution in [1.82, 2.24) is 14.5 Å². The summed E-state index contributed by atoms with van der Waals surface area (Å²) < 4.78 is 7.01. The van der Waals surface area contributed by atoms with Gasteiger partial charge in [0.15, 0.2) is 11.8 Å². The van der Waals surface area contributed by atoms with E-state index < -0.39 is 17.9 Å². The molecule has 10 nitrogen and oxygen atoms in total. The number of carbonyl (C=O) groups is 2. The molecular formula is C30H36N4O6. The number of ether oxygens (including phenoxy) is 1. The Kier molecular flexibility index (Phi) is 8.25. The van der Waals surface area contributed by atoms with Crippen LogP contribution in [0.2, 0.25) is 0 Å². The van der Waals surface area contributed by atoms with Gasteiger partial charge in [0.2, 0.25) is 5.91 Å². The molecule has 0 radical (unpaired) electrons. The fraction of sp³-hybridized carbons (Fsp3) is 0.433. The molecule has 1 aromatic carbocycles. The monoisotopic (exact) mass is 548 g/mol. The third-order valence-electron chi connectivity index (χ3n) is 8.09. The summed E-state index contributed by atoms with van der Waals surface area (Å²) in [7, 11) is 0. The minimum absolute atomic E-state index is 0.0429. The van der Waals surface area contributed by atoms with E-state index in [1.54, 1.807) is 23.4 Å². The first-order valence-corrected chi connectivity index (χ1v) is 13.9. The molecule has 1 saturated heterocycles. The third kappa shape index (κ3) is 5.62. The highest BCUT2D eigenvalue weighted by atomic mass is 16.5. The highest BCUT2D eigenvalue weighted by molar-refractivity contribution is 5.94. The number of nitrogens with zero attached hydrogens (tertiary/aromatic N) is 4. The molecule has 0 bridgehead atoms. The number of anilines is 1. The van der Waals surface area contributed by atoms with Crippen LogP contribution in [0.3, 0.4) is 0 Å². The van der Waals surface area contributed by atoms with Crippen molar-refractivity contribution < 1.29 is 29.6 Å². The first-order chi connectivity index (χ1) is 19.4. The van der Waals surface area contributed by atoms with Gasteiger partial charge in [-0.25, -0.2) is 0 Å². The Hall–Kier alpha value is -4.05. The predicted octanol–water partition coefficient (Wildman–Crippen LogP) is 3.62. The predicted molar refractivity (Wildman–Crippen MR) is 149 cm³/mol. The van der Waals surface area contributed by atoms with Gasteiger partial charge in [-0.3, -0.25) is 24.0 Å². The molecule has 40 heavy (non-hydrogen) atoms. The smallest absolute Gasteiger partial charge is 0.308 e. The molecule has 3 N–H and O–H groups in total. The number of hydrogen-bond acceptors (Lipinski definition) is 7. The van der Waals surface area contributed by atoms with Crippen molar-refractivity contribution in [2.45, 2.75) is 51.1 Å². The molecule has 0 spiro atoms. The summed E-state index contributed by atoms with van der Waals surface area (Å²) in [6, 6.07) is 11.8. The van der Waals surface area contributed by atoms with Crippen LogP contribution in [0.15, 0.2) is 54.9 Å². The van der Waals surface area contributed by atoms with Crippen LogP contribution in [0.1, 0.15) is 43.2 Å². The quantitative estimate of drug-likeness (QED) is 0.332. The molecule has 2 aliphatic heterocycles.